The number of aryl methyl sites for hydroxylation is 2. The van der Waals surface area contributed by atoms with Gasteiger partial charge >= 0.3 is 0 Å². The lowest BCUT2D eigenvalue weighted by atomic mass is 10.2. The number of rotatable bonds is 8. The fourth-order valence-corrected chi connectivity index (χ4v) is 3.20. The summed E-state index contributed by atoms with van der Waals surface area (Å²) in [6, 6.07) is 10.0. The van der Waals surface area contributed by atoms with Gasteiger partial charge in [0.25, 0.3) is 0 Å². The maximum absolute atomic E-state index is 5.72. The van der Waals surface area contributed by atoms with E-state index in [1.54, 1.807) is 25.7 Å². The van der Waals surface area contributed by atoms with Crippen LogP contribution < -0.4 is 10.1 Å². The Morgan fingerprint density at radius 2 is 2.00 bits per heavy atom. The second kappa shape index (κ2) is 9.85. The predicted octanol–water partition coefficient (Wildman–Crippen LogP) is 3.88. The van der Waals surface area contributed by atoms with Crippen LogP contribution in [0.1, 0.15) is 17.5 Å². The lowest BCUT2D eigenvalue weighted by Gasteiger charge is -2.26. The molecular formula is C21H25N5OS. The lowest BCUT2D eigenvalue weighted by Crippen LogP contribution is -2.35. The summed E-state index contributed by atoms with van der Waals surface area (Å²) in [6.07, 6.45) is 10.2. The zero-order chi connectivity index (χ0) is 19.8. The molecule has 0 saturated heterocycles. The van der Waals surface area contributed by atoms with Crippen molar-refractivity contribution >= 4 is 23.0 Å². The van der Waals surface area contributed by atoms with Crippen molar-refractivity contribution in [1.29, 1.82) is 0 Å². The number of hydrogen-bond donors (Lipinski definition) is 1. The van der Waals surface area contributed by atoms with Gasteiger partial charge in [0.2, 0.25) is 0 Å². The van der Waals surface area contributed by atoms with Crippen LogP contribution in [-0.2, 0) is 13.1 Å². The summed E-state index contributed by atoms with van der Waals surface area (Å²) in [6.45, 7) is 4.47. The minimum absolute atomic E-state index is 0.688. The minimum atomic E-state index is 0.688. The maximum atomic E-state index is 5.72. The molecule has 3 aromatic rings. The number of benzene rings is 1. The fourth-order valence-electron chi connectivity index (χ4n) is 2.92. The number of ether oxygens (including phenoxy) is 1. The van der Waals surface area contributed by atoms with Gasteiger partial charge < -0.3 is 19.5 Å². The second-order valence-electron chi connectivity index (χ2n) is 6.55. The molecule has 3 rings (SSSR count). The normalized spacial score (nSPS) is 10.5. The van der Waals surface area contributed by atoms with E-state index in [2.05, 4.69) is 24.8 Å². The Morgan fingerprint density at radius 3 is 2.71 bits per heavy atom. The highest BCUT2D eigenvalue weighted by Gasteiger charge is 2.12. The summed E-state index contributed by atoms with van der Waals surface area (Å²) < 4.78 is 7.49. The first kappa shape index (κ1) is 19.8. The van der Waals surface area contributed by atoms with Crippen LogP contribution in [0.25, 0.3) is 0 Å². The smallest absolute Gasteiger partial charge is 0.173 e. The van der Waals surface area contributed by atoms with Gasteiger partial charge in [-0.1, -0.05) is 6.07 Å². The van der Waals surface area contributed by atoms with E-state index in [4.69, 9.17) is 17.0 Å². The van der Waals surface area contributed by atoms with E-state index >= 15 is 0 Å². The first-order valence-electron chi connectivity index (χ1n) is 9.21. The third kappa shape index (κ3) is 5.53. The van der Waals surface area contributed by atoms with Gasteiger partial charge in [0.05, 0.1) is 13.4 Å². The van der Waals surface area contributed by atoms with Crippen LogP contribution in [0.3, 0.4) is 0 Å². The molecule has 0 spiro atoms. The maximum Gasteiger partial charge on any atom is 0.173 e. The molecule has 0 bridgehead atoms. The van der Waals surface area contributed by atoms with E-state index in [1.807, 2.05) is 49.8 Å². The zero-order valence-electron chi connectivity index (χ0n) is 16.2. The first-order valence-corrected chi connectivity index (χ1v) is 9.62. The van der Waals surface area contributed by atoms with Crippen LogP contribution in [-0.4, -0.2) is 38.2 Å². The average Bonchev–Trinajstić information content (AvgIpc) is 3.23. The van der Waals surface area contributed by atoms with E-state index in [9.17, 15) is 0 Å². The van der Waals surface area contributed by atoms with Crippen LogP contribution >= 0.6 is 12.2 Å². The Balaban J connectivity index is 1.68. The van der Waals surface area contributed by atoms with Crippen molar-refractivity contribution in [3.8, 4) is 5.75 Å². The molecule has 0 atom stereocenters. The summed E-state index contributed by atoms with van der Waals surface area (Å²) in [5.74, 6) is 0.841. The number of thiocarbonyl (C=S) groups is 1. The number of pyridine rings is 1. The molecule has 2 aromatic heterocycles. The average molecular weight is 396 g/mol. The molecule has 1 N–H and O–H groups in total. The van der Waals surface area contributed by atoms with Crippen molar-refractivity contribution in [2.75, 3.05) is 19.0 Å². The van der Waals surface area contributed by atoms with Crippen LogP contribution in [0, 0.1) is 6.92 Å². The summed E-state index contributed by atoms with van der Waals surface area (Å²) in [5, 5.41) is 4.04. The van der Waals surface area contributed by atoms with Crippen LogP contribution in [0.5, 0.6) is 5.75 Å². The topological polar surface area (TPSA) is 55.2 Å². The van der Waals surface area contributed by atoms with E-state index < -0.39 is 0 Å². The second-order valence-corrected chi connectivity index (χ2v) is 6.93. The Bertz CT molecular complexity index is 883. The molecule has 0 aliphatic heterocycles. The number of nitrogens with one attached hydrogen (secondary N) is 1. The largest absolute Gasteiger partial charge is 0.496 e. The highest BCUT2D eigenvalue weighted by Crippen LogP contribution is 2.22. The molecule has 0 saturated carbocycles. The molecular weight excluding hydrogens is 370 g/mol. The predicted molar refractivity (Wildman–Crippen MR) is 115 cm³/mol. The quantitative estimate of drug-likeness (QED) is 0.584. The number of imidazole rings is 1. The lowest BCUT2D eigenvalue weighted by molar-refractivity contribution is 0.395. The third-order valence-corrected chi connectivity index (χ3v) is 4.83. The molecule has 0 radical (unpaired) electrons. The summed E-state index contributed by atoms with van der Waals surface area (Å²) in [4.78, 5) is 10.4. The highest BCUT2D eigenvalue weighted by atomic mass is 32.1. The molecule has 6 nitrogen and oxygen atoms in total. The van der Waals surface area contributed by atoms with Gasteiger partial charge in [0.15, 0.2) is 5.11 Å². The van der Waals surface area contributed by atoms with Crippen molar-refractivity contribution in [3.05, 3.63) is 72.6 Å². The van der Waals surface area contributed by atoms with Crippen LogP contribution in [0.15, 0.2) is 61.4 Å². The summed E-state index contributed by atoms with van der Waals surface area (Å²) in [5.41, 5.74) is 3.18. The number of hydrogen-bond acceptors (Lipinski definition) is 4. The van der Waals surface area contributed by atoms with Crippen LogP contribution in [0.2, 0.25) is 0 Å². The van der Waals surface area contributed by atoms with Gasteiger partial charge in [-0.2, -0.15) is 0 Å². The van der Waals surface area contributed by atoms with Gasteiger partial charge in [-0.15, -0.1) is 0 Å². The fraction of sp³-hybridized carbons (Fsp3) is 0.286. The Hall–Kier alpha value is -2.93. The number of nitrogens with zero attached hydrogens (tertiary/aromatic N) is 4. The Labute approximate surface area is 171 Å². The molecule has 0 unspecified atom stereocenters. The van der Waals surface area contributed by atoms with Crippen molar-refractivity contribution < 1.29 is 4.74 Å². The minimum Gasteiger partial charge on any atom is -0.496 e. The monoisotopic (exact) mass is 395 g/mol. The van der Waals surface area contributed by atoms with Crippen molar-refractivity contribution in [2.45, 2.75) is 26.4 Å². The molecule has 0 aliphatic carbocycles. The molecule has 7 heteroatoms. The van der Waals surface area contributed by atoms with Gasteiger partial charge in [-0.05, 0) is 54.9 Å². The molecule has 0 aliphatic rings. The van der Waals surface area contributed by atoms with Crippen LogP contribution in [0.4, 0.5) is 5.69 Å². The molecule has 0 amide bonds. The molecule has 2 heterocycles. The molecule has 1 aromatic carbocycles. The Kier molecular flexibility index (Phi) is 6.97. The van der Waals surface area contributed by atoms with E-state index in [0.29, 0.717) is 5.11 Å². The standard InChI is InChI=1S/C21H25N5OS/c1-17-4-5-19(14-20(17)27-2)24-21(28)26(15-18-6-8-22-9-7-18)12-3-11-25-13-10-23-16-25/h4-10,13-14,16H,3,11-12,15H2,1-2H3,(H,24,28). The van der Waals surface area contributed by atoms with Crippen molar-refractivity contribution in [2.24, 2.45) is 0 Å². The van der Waals surface area contributed by atoms with Crippen molar-refractivity contribution in [3.63, 3.8) is 0 Å². The third-order valence-electron chi connectivity index (χ3n) is 4.47. The number of aromatic nitrogens is 3. The van der Waals surface area contributed by atoms with E-state index in [-0.39, 0.29) is 0 Å². The van der Waals surface area contributed by atoms with Gasteiger partial charge in [-0.3, -0.25) is 4.98 Å². The molecule has 28 heavy (non-hydrogen) atoms. The van der Waals surface area contributed by atoms with E-state index in [0.717, 1.165) is 43.1 Å². The SMILES string of the molecule is COc1cc(NC(=S)N(CCCn2ccnc2)Cc2ccncc2)ccc1C. The number of methoxy groups -OCH3 is 1. The van der Waals surface area contributed by atoms with Gasteiger partial charge in [0, 0.05) is 56.2 Å². The molecule has 0 fully saturated rings. The summed E-state index contributed by atoms with van der Waals surface area (Å²) >= 11 is 5.72. The summed E-state index contributed by atoms with van der Waals surface area (Å²) in [7, 11) is 1.68. The number of anilines is 1. The van der Waals surface area contributed by atoms with Gasteiger partial charge in [-0.25, -0.2) is 4.98 Å². The van der Waals surface area contributed by atoms with E-state index in [1.165, 1.54) is 5.56 Å². The molecule has 146 valence electrons. The zero-order valence-corrected chi connectivity index (χ0v) is 17.0. The highest BCUT2D eigenvalue weighted by molar-refractivity contribution is 7.80. The van der Waals surface area contributed by atoms with Crippen molar-refractivity contribution in [1.82, 2.24) is 19.4 Å². The first-order chi connectivity index (χ1) is 13.7. The Morgan fingerprint density at radius 1 is 1.18 bits per heavy atom. The van der Waals surface area contributed by atoms with Gasteiger partial charge in [0.1, 0.15) is 5.75 Å².